The number of aromatic nitrogens is 5. The molecule has 1 saturated heterocycles. The molecule has 4 heterocycles. The second-order valence-corrected chi connectivity index (χ2v) is 5.64. The Morgan fingerprint density at radius 3 is 3.13 bits per heavy atom. The number of anilines is 1. The lowest BCUT2D eigenvalue weighted by Gasteiger charge is -2.17. The molecule has 0 bridgehead atoms. The predicted octanol–water partition coefficient (Wildman–Crippen LogP) is 1.18. The van der Waals surface area contributed by atoms with Gasteiger partial charge in [0.25, 0.3) is 0 Å². The molecule has 0 aliphatic carbocycles. The zero-order chi connectivity index (χ0) is 15.8. The number of aryl methyl sites for hydroxylation is 1. The Morgan fingerprint density at radius 2 is 2.30 bits per heavy atom. The van der Waals surface area contributed by atoms with Gasteiger partial charge in [-0.15, -0.1) is 10.2 Å². The molecule has 8 nitrogen and oxygen atoms in total. The van der Waals surface area contributed by atoms with E-state index in [1.54, 1.807) is 27.8 Å². The van der Waals surface area contributed by atoms with Crippen molar-refractivity contribution in [3.8, 4) is 0 Å². The first-order valence-corrected chi connectivity index (χ1v) is 7.41. The summed E-state index contributed by atoms with van der Waals surface area (Å²) in [5.41, 5.74) is 2.37. The van der Waals surface area contributed by atoms with Gasteiger partial charge in [0.15, 0.2) is 5.65 Å². The van der Waals surface area contributed by atoms with Crippen LogP contribution in [0.25, 0.3) is 5.65 Å². The van der Waals surface area contributed by atoms with Crippen molar-refractivity contribution in [1.82, 2.24) is 24.4 Å². The molecule has 1 aliphatic heterocycles. The van der Waals surface area contributed by atoms with E-state index in [9.17, 15) is 4.79 Å². The number of rotatable bonds is 3. The van der Waals surface area contributed by atoms with Crippen LogP contribution in [0.5, 0.6) is 0 Å². The Hall–Kier alpha value is -2.74. The van der Waals surface area contributed by atoms with Crippen LogP contribution in [0.4, 0.5) is 5.69 Å². The lowest BCUT2D eigenvalue weighted by Crippen LogP contribution is -2.25. The van der Waals surface area contributed by atoms with Gasteiger partial charge in [-0.05, 0) is 18.6 Å². The van der Waals surface area contributed by atoms with Crippen molar-refractivity contribution in [2.24, 2.45) is 13.0 Å². The fourth-order valence-corrected chi connectivity index (χ4v) is 2.91. The van der Waals surface area contributed by atoms with Gasteiger partial charge in [0.1, 0.15) is 6.33 Å². The van der Waals surface area contributed by atoms with E-state index in [1.807, 2.05) is 25.4 Å². The number of fused-ring (bicyclic) bond motifs is 1. The predicted molar refractivity (Wildman–Crippen MR) is 81.6 cm³/mol. The molecule has 4 rings (SSSR count). The molecule has 2 atom stereocenters. The molecule has 1 fully saturated rings. The van der Waals surface area contributed by atoms with Gasteiger partial charge < -0.3 is 10.1 Å². The van der Waals surface area contributed by atoms with Crippen LogP contribution in [-0.4, -0.2) is 36.9 Å². The molecule has 3 aromatic heterocycles. The number of nitrogens with zero attached hydrogens (tertiary/aromatic N) is 5. The minimum atomic E-state index is -0.248. The first kappa shape index (κ1) is 13.9. The van der Waals surface area contributed by atoms with Crippen molar-refractivity contribution >= 4 is 17.2 Å². The number of hydrogen-bond acceptors (Lipinski definition) is 5. The van der Waals surface area contributed by atoms with Gasteiger partial charge in [0.05, 0.1) is 23.9 Å². The fourth-order valence-electron chi connectivity index (χ4n) is 2.91. The minimum absolute atomic E-state index is 0.0521. The van der Waals surface area contributed by atoms with Crippen molar-refractivity contribution in [3.05, 3.63) is 42.6 Å². The van der Waals surface area contributed by atoms with Crippen LogP contribution in [-0.2, 0) is 16.6 Å². The molecule has 0 spiro atoms. The molecular formula is C15H16N6O2. The quantitative estimate of drug-likeness (QED) is 0.785. The summed E-state index contributed by atoms with van der Waals surface area (Å²) in [5, 5.41) is 14.9. The van der Waals surface area contributed by atoms with Crippen LogP contribution in [0.1, 0.15) is 18.1 Å². The molecule has 0 aromatic carbocycles. The smallest absolute Gasteiger partial charge is 0.230 e. The third kappa shape index (κ3) is 2.57. The van der Waals surface area contributed by atoms with Crippen molar-refractivity contribution < 1.29 is 9.53 Å². The molecule has 0 unspecified atom stereocenters. The maximum Gasteiger partial charge on any atom is 0.230 e. The summed E-state index contributed by atoms with van der Waals surface area (Å²) in [7, 11) is 1.85. The largest absolute Gasteiger partial charge is 0.373 e. The maximum atomic E-state index is 12.6. The van der Waals surface area contributed by atoms with Crippen molar-refractivity contribution in [1.29, 1.82) is 0 Å². The van der Waals surface area contributed by atoms with Crippen LogP contribution in [0.3, 0.4) is 0 Å². The number of nitrogens with one attached hydrogen (secondary N) is 1. The van der Waals surface area contributed by atoms with Crippen LogP contribution in [0, 0.1) is 5.92 Å². The second kappa shape index (κ2) is 5.47. The molecule has 1 N–H and O–H groups in total. The number of ether oxygens (including phenoxy) is 1. The van der Waals surface area contributed by atoms with Crippen molar-refractivity contribution in [2.45, 2.75) is 12.5 Å². The first-order valence-electron chi connectivity index (χ1n) is 7.41. The van der Waals surface area contributed by atoms with E-state index in [2.05, 4.69) is 20.6 Å². The number of carbonyl (C=O) groups is 1. The van der Waals surface area contributed by atoms with E-state index in [-0.39, 0.29) is 17.9 Å². The van der Waals surface area contributed by atoms with E-state index < -0.39 is 0 Å². The lowest BCUT2D eigenvalue weighted by molar-refractivity contribution is -0.121. The minimum Gasteiger partial charge on any atom is -0.373 e. The highest BCUT2D eigenvalue weighted by molar-refractivity contribution is 5.93. The van der Waals surface area contributed by atoms with Crippen LogP contribution < -0.4 is 5.32 Å². The van der Waals surface area contributed by atoms with Gasteiger partial charge in [0, 0.05) is 31.6 Å². The van der Waals surface area contributed by atoms with Gasteiger partial charge in [-0.1, -0.05) is 0 Å². The molecule has 23 heavy (non-hydrogen) atoms. The molecular weight excluding hydrogens is 296 g/mol. The fraction of sp³-hybridized carbons (Fsp3) is 0.333. The SMILES string of the molecule is Cn1cc([C@H]2OCC[C@@H]2C(=O)Nc2ccc3nncn3c2)cn1. The Bertz CT molecular complexity index is 854. The van der Waals surface area contributed by atoms with Crippen LogP contribution >= 0.6 is 0 Å². The molecule has 8 heteroatoms. The topological polar surface area (TPSA) is 86.3 Å². The summed E-state index contributed by atoms with van der Waals surface area (Å²) in [6, 6.07) is 3.63. The summed E-state index contributed by atoms with van der Waals surface area (Å²) in [6.07, 6.45) is 7.48. The average Bonchev–Trinajstić information content (AvgIpc) is 3.26. The van der Waals surface area contributed by atoms with Gasteiger partial charge in [-0.2, -0.15) is 5.10 Å². The summed E-state index contributed by atoms with van der Waals surface area (Å²) < 4.78 is 9.22. The number of hydrogen-bond donors (Lipinski definition) is 1. The van der Waals surface area contributed by atoms with Gasteiger partial charge in [0.2, 0.25) is 5.91 Å². The Labute approximate surface area is 132 Å². The number of pyridine rings is 1. The van der Waals surface area contributed by atoms with E-state index >= 15 is 0 Å². The maximum absolute atomic E-state index is 12.6. The summed E-state index contributed by atoms with van der Waals surface area (Å²) in [6.45, 7) is 0.572. The molecule has 1 amide bonds. The third-order valence-corrected chi connectivity index (χ3v) is 4.04. The van der Waals surface area contributed by atoms with Crippen molar-refractivity contribution in [2.75, 3.05) is 11.9 Å². The highest BCUT2D eigenvalue weighted by atomic mass is 16.5. The number of carbonyl (C=O) groups excluding carboxylic acids is 1. The highest BCUT2D eigenvalue weighted by Crippen LogP contribution is 2.35. The van der Waals surface area contributed by atoms with Crippen molar-refractivity contribution in [3.63, 3.8) is 0 Å². The Morgan fingerprint density at radius 1 is 1.39 bits per heavy atom. The summed E-state index contributed by atoms with van der Waals surface area (Å²) in [5.74, 6) is -0.278. The van der Waals surface area contributed by atoms with Crippen LogP contribution in [0.2, 0.25) is 0 Å². The summed E-state index contributed by atoms with van der Waals surface area (Å²) in [4.78, 5) is 12.6. The van der Waals surface area contributed by atoms with E-state index in [4.69, 9.17) is 4.74 Å². The lowest BCUT2D eigenvalue weighted by atomic mass is 9.96. The zero-order valence-electron chi connectivity index (χ0n) is 12.6. The molecule has 1 aliphatic rings. The monoisotopic (exact) mass is 312 g/mol. The summed E-state index contributed by atoms with van der Waals surface area (Å²) >= 11 is 0. The van der Waals surface area contributed by atoms with Gasteiger partial charge in [-0.3, -0.25) is 13.9 Å². The van der Waals surface area contributed by atoms with Crippen LogP contribution in [0.15, 0.2) is 37.1 Å². The van der Waals surface area contributed by atoms with Gasteiger partial charge in [-0.25, -0.2) is 0 Å². The standard InChI is InChI=1S/C15H16N6O2/c1-20-7-10(6-17-20)14-12(4-5-23-14)15(22)18-11-2-3-13-19-16-9-21(13)8-11/h2-3,6-9,12,14H,4-5H2,1H3,(H,18,22)/t12-,14+/m0/s1. The molecule has 0 radical (unpaired) electrons. The normalized spacial score (nSPS) is 20.9. The van der Waals surface area contributed by atoms with E-state index in [0.717, 1.165) is 11.2 Å². The van der Waals surface area contributed by atoms with E-state index in [0.29, 0.717) is 18.7 Å². The average molecular weight is 312 g/mol. The van der Waals surface area contributed by atoms with Gasteiger partial charge >= 0.3 is 0 Å². The first-order chi connectivity index (χ1) is 11.2. The Balaban J connectivity index is 1.53. The van der Waals surface area contributed by atoms with E-state index in [1.165, 1.54) is 0 Å². The third-order valence-electron chi connectivity index (χ3n) is 4.04. The second-order valence-electron chi connectivity index (χ2n) is 5.64. The highest BCUT2D eigenvalue weighted by Gasteiger charge is 2.36. The molecule has 0 saturated carbocycles. The molecule has 118 valence electrons. The molecule has 3 aromatic rings. The zero-order valence-corrected chi connectivity index (χ0v) is 12.6. The Kier molecular flexibility index (Phi) is 3.30. The number of amides is 1.